The number of aliphatic hydroxyl groups excluding tert-OH is 1. The van der Waals surface area contributed by atoms with Gasteiger partial charge in [-0.15, -0.1) is 0 Å². The van der Waals surface area contributed by atoms with Crippen molar-refractivity contribution in [3.8, 4) is 0 Å². The highest BCUT2D eigenvalue weighted by atomic mass is 32.2. The number of rotatable bonds is 5. The molecule has 0 radical (unpaired) electrons. The lowest BCUT2D eigenvalue weighted by molar-refractivity contribution is -0.122. The van der Waals surface area contributed by atoms with Crippen LogP contribution in [-0.4, -0.2) is 45.3 Å². The Morgan fingerprint density at radius 1 is 1.46 bits per heavy atom. The quantitative estimate of drug-likeness (QED) is 0.849. The molecule has 7 heteroatoms. The summed E-state index contributed by atoms with van der Waals surface area (Å²) in [5, 5.41) is 15.8. The molecule has 1 aliphatic carbocycles. The van der Waals surface area contributed by atoms with Crippen molar-refractivity contribution in [2.75, 3.05) is 13.1 Å². The van der Waals surface area contributed by atoms with Crippen molar-refractivity contribution in [1.82, 2.24) is 15.2 Å². The van der Waals surface area contributed by atoms with E-state index in [9.17, 15) is 9.90 Å². The lowest BCUT2D eigenvalue weighted by atomic mass is 9.76. The third-order valence-electron chi connectivity index (χ3n) is 4.73. The lowest BCUT2D eigenvalue weighted by Gasteiger charge is -2.37. The first-order valence-corrected chi connectivity index (χ1v) is 9.15. The summed E-state index contributed by atoms with van der Waals surface area (Å²) in [7, 11) is 0. The Morgan fingerprint density at radius 2 is 2.33 bits per heavy atom. The van der Waals surface area contributed by atoms with Crippen molar-refractivity contribution in [3.05, 3.63) is 41.2 Å². The van der Waals surface area contributed by atoms with Gasteiger partial charge in [0.15, 0.2) is 5.17 Å². The number of fused-ring (bicyclic) bond motifs is 1. The Morgan fingerprint density at radius 3 is 3.08 bits per heavy atom. The molecule has 2 N–H and O–H groups in total. The Kier molecular flexibility index (Phi) is 4.28. The van der Waals surface area contributed by atoms with Gasteiger partial charge in [0.1, 0.15) is 0 Å². The van der Waals surface area contributed by atoms with Gasteiger partial charge in [0.05, 0.1) is 30.8 Å². The molecule has 3 aliphatic rings. The maximum absolute atomic E-state index is 12.6. The highest BCUT2D eigenvalue weighted by Crippen LogP contribution is 2.38. The minimum atomic E-state index is -0.254. The number of pyridine rings is 1. The summed E-state index contributed by atoms with van der Waals surface area (Å²) < 4.78 is 0. The predicted octanol–water partition coefficient (Wildman–Crippen LogP) is 1.66. The second-order valence-electron chi connectivity index (χ2n) is 6.40. The minimum Gasteiger partial charge on any atom is -0.393 e. The minimum absolute atomic E-state index is 0.00737. The summed E-state index contributed by atoms with van der Waals surface area (Å²) in [5.74, 6) is 0.238. The first-order chi connectivity index (χ1) is 11.7. The first kappa shape index (κ1) is 15.7. The van der Waals surface area contributed by atoms with Crippen LogP contribution in [0, 0.1) is 5.92 Å². The average Bonchev–Trinajstić information content (AvgIpc) is 3.16. The van der Waals surface area contributed by atoms with E-state index in [1.165, 1.54) is 0 Å². The lowest BCUT2D eigenvalue weighted by Crippen LogP contribution is -2.42. The molecule has 1 atom stereocenters. The van der Waals surface area contributed by atoms with Crippen LogP contribution in [0.25, 0.3) is 0 Å². The Hall–Kier alpha value is -1.86. The maximum Gasteiger partial charge on any atom is 0.226 e. The largest absolute Gasteiger partial charge is 0.393 e. The SMILES string of the molecule is O=C(CC1=CSC2=NCCN12)NC(c1ccccn1)C1CC(O)C1. The smallest absolute Gasteiger partial charge is 0.226 e. The van der Waals surface area contributed by atoms with Crippen LogP contribution < -0.4 is 5.32 Å². The van der Waals surface area contributed by atoms with Crippen LogP contribution in [0.15, 0.2) is 40.5 Å². The van der Waals surface area contributed by atoms with E-state index in [0.29, 0.717) is 19.3 Å². The van der Waals surface area contributed by atoms with Crippen LogP contribution in [0.1, 0.15) is 31.0 Å². The molecule has 1 saturated carbocycles. The first-order valence-electron chi connectivity index (χ1n) is 8.27. The fraction of sp³-hybridized carbons (Fsp3) is 0.471. The Bertz CT molecular complexity index is 685. The van der Waals surface area contributed by atoms with Crippen LogP contribution >= 0.6 is 11.8 Å². The molecule has 1 unspecified atom stereocenters. The molecular formula is C17H20N4O2S. The highest BCUT2D eigenvalue weighted by molar-refractivity contribution is 8.16. The maximum atomic E-state index is 12.6. The molecule has 0 aromatic carbocycles. The van der Waals surface area contributed by atoms with Crippen molar-refractivity contribution in [2.24, 2.45) is 10.9 Å². The van der Waals surface area contributed by atoms with E-state index in [-0.39, 0.29) is 24.0 Å². The number of hydrogen-bond acceptors (Lipinski definition) is 6. The molecule has 6 nitrogen and oxygen atoms in total. The van der Waals surface area contributed by atoms with E-state index in [1.54, 1.807) is 18.0 Å². The summed E-state index contributed by atoms with van der Waals surface area (Å²) >= 11 is 1.59. The molecule has 0 bridgehead atoms. The summed E-state index contributed by atoms with van der Waals surface area (Å²) in [6, 6.07) is 5.60. The van der Waals surface area contributed by atoms with Crippen molar-refractivity contribution in [2.45, 2.75) is 31.4 Å². The van der Waals surface area contributed by atoms with E-state index < -0.39 is 0 Å². The molecule has 1 amide bonds. The van der Waals surface area contributed by atoms with Gasteiger partial charge < -0.3 is 15.3 Å². The van der Waals surface area contributed by atoms with Crippen LogP contribution in [0.5, 0.6) is 0 Å². The molecule has 1 aromatic heterocycles. The number of amides is 1. The summed E-state index contributed by atoms with van der Waals surface area (Å²) in [4.78, 5) is 23.5. The molecule has 3 heterocycles. The average molecular weight is 344 g/mol. The number of hydrogen-bond donors (Lipinski definition) is 2. The molecule has 4 rings (SSSR count). The van der Waals surface area contributed by atoms with Gasteiger partial charge in [-0.2, -0.15) is 0 Å². The van der Waals surface area contributed by atoms with Crippen molar-refractivity contribution in [3.63, 3.8) is 0 Å². The number of nitrogens with zero attached hydrogens (tertiary/aromatic N) is 3. The number of carbonyl (C=O) groups is 1. The highest BCUT2D eigenvalue weighted by Gasteiger charge is 2.37. The zero-order valence-electron chi connectivity index (χ0n) is 13.3. The molecule has 24 heavy (non-hydrogen) atoms. The number of nitrogens with one attached hydrogen (secondary N) is 1. The standard InChI is InChI=1S/C17H20N4O2S/c22-13-7-11(8-13)16(14-3-1-2-4-18-14)20-15(23)9-12-10-24-17-19-5-6-21(12)17/h1-4,10-11,13,16,22H,5-9H2,(H,20,23). The van der Waals surface area contributed by atoms with E-state index >= 15 is 0 Å². The van der Waals surface area contributed by atoms with Gasteiger partial charge in [-0.25, -0.2) is 0 Å². The van der Waals surface area contributed by atoms with Crippen molar-refractivity contribution >= 4 is 22.8 Å². The Labute approximate surface area is 145 Å². The molecule has 1 aromatic rings. The number of aliphatic imine (C=N–C) groups is 1. The normalized spacial score (nSPS) is 26.3. The van der Waals surface area contributed by atoms with Crippen LogP contribution in [0.4, 0.5) is 0 Å². The number of amidine groups is 1. The van der Waals surface area contributed by atoms with Gasteiger partial charge >= 0.3 is 0 Å². The second-order valence-corrected chi connectivity index (χ2v) is 7.24. The van der Waals surface area contributed by atoms with E-state index in [0.717, 1.165) is 29.6 Å². The number of aliphatic hydroxyl groups is 1. The van der Waals surface area contributed by atoms with E-state index in [1.807, 2.05) is 23.6 Å². The van der Waals surface area contributed by atoms with Gasteiger partial charge in [-0.1, -0.05) is 17.8 Å². The molecule has 1 fully saturated rings. The molecular weight excluding hydrogens is 324 g/mol. The monoisotopic (exact) mass is 344 g/mol. The third kappa shape index (κ3) is 3.06. The zero-order chi connectivity index (χ0) is 16.5. The number of thioether (sulfide) groups is 1. The fourth-order valence-electron chi connectivity index (χ4n) is 3.40. The zero-order valence-corrected chi connectivity index (χ0v) is 14.1. The molecule has 0 saturated heterocycles. The summed E-state index contributed by atoms with van der Waals surface area (Å²) in [6.07, 6.45) is 3.26. The third-order valence-corrected chi connectivity index (χ3v) is 5.68. The fourth-order valence-corrected chi connectivity index (χ4v) is 4.35. The number of carbonyl (C=O) groups excluding carboxylic acids is 1. The summed E-state index contributed by atoms with van der Waals surface area (Å²) in [6.45, 7) is 1.66. The van der Waals surface area contributed by atoms with Gasteiger partial charge in [0.2, 0.25) is 5.91 Å². The Balaban J connectivity index is 1.43. The van der Waals surface area contributed by atoms with Crippen molar-refractivity contribution < 1.29 is 9.90 Å². The van der Waals surface area contributed by atoms with Crippen LogP contribution in [0.2, 0.25) is 0 Å². The topological polar surface area (TPSA) is 77.8 Å². The van der Waals surface area contributed by atoms with Gasteiger partial charge in [0.25, 0.3) is 0 Å². The van der Waals surface area contributed by atoms with Gasteiger partial charge in [0, 0.05) is 18.4 Å². The molecule has 0 spiro atoms. The van der Waals surface area contributed by atoms with E-state index in [4.69, 9.17) is 0 Å². The predicted molar refractivity (Wildman–Crippen MR) is 93.2 cm³/mol. The summed E-state index contributed by atoms with van der Waals surface area (Å²) in [5.41, 5.74) is 1.88. The van der Waals surface area contributed by atoms with Crippen molar-refractivity contribution in [1.29, 1.82) is 0 Å². The second kappa shape index (κ2) is 6.57. The molecule has 126 valence electrons. The van der Waals surface area contributed by atoms with Gasteiger partial charge in [-0.3, -0.25) is 14.8 Å². The molecule has 2 aliphatic heterocycles. The van der Waals surface area contributed by atoms with E-state index in [2.05, 4.69) is 20.2 Å². The number of aromatic nitrogens is 1. The van der Waals surface area contributed by atoms with Gasteiger partial charge in [-0.05, 0) is 36.3 Å². The van der Waals surface area contributed by atoms with Crippen LogP contribution in [-0.2, 0) is 4.79 Å². The van der Waals surface area contributed by atoms with Crippen LogP contribution in [0.3, 0.4) is 0 Å².